The van der Waals surface area contributed by atoms with Crippen molar-refractivity contribution < 1.29 is 0 Å². The minimum Gasteiger partial charge on any atom is -0.292 e. The molecule has 2 aromatic heterocycles. The van der Waals surface area contributed by atoms with Gasteiger partial charge >= 0.3 is 0 Å². The number of para-hydroxylation sites is 3. The highest BCUT2D eigenvalue weighted by Crippen LogP contribution is 2.41. The van der Waals surface area contributed by atoms with Crippen molar-refractivity contribution >= 4 is 70.7 Å². The Morgan fingerprint density at radius 2 is 1.16 bits per heavy atom. The van der Waals surface area contributed by atoms with E-state index in [0.29, 0.717) is 0 Å². The average molecular weight is 469 g/mol. The summed E-state index contributed by atoms with van der Waals surface area (Å²) in [7, 11) is 0. The minimum atomic E-state index is 1.01. The molecule has 0 aliphatic carbocycles. The van der Waals surface area contributed by atoms with E-state index in [4.69, 9.17) is 4.98 Å². The normalized spacial score (nSPS) is 12.3. The SMILES string of the molecule is c1cc2ccc3ccc(-c4ccc5c6ccccc6n6c7ccccc7nc6c5c4)c4ccc(c1)c2c34. The zero-order chi connectivity index (χ0) is 24.1. The molecule has 2 heterocycles. The lowest BCUT2D eigenvalue weighted by molar-refractivity contribution is 1.31. The second kappa shape index (κ2) is 6.83. The fraction of sp³-hybridized carbons (Fsp3) is 0. The molecule has 0 aliphatic heterocycles. The molecule has 0 aliphatic rings. The number of imidazole rings is 1. The summed E-state index contributed by atoms with van der Waals surface area (Å²) >= 11 is 0. The molecule has 37 heavy (non-hydrogen) atoms. The summed E-state index contributed by atoms with van der Waals surface area (Å²) in [5.74, 6) is 0. The first-order valence-corrected chi connectivity index (χ1v) is 12.7. The maximum atomic E-state index is 5.12. The van der Waals surface area contributed by atoms with E-state index in [1.54, 1.807) is 0 Å². The number of fused-ring (bicyclic) bond motifs is 8. The maximum Gasteiger partial charge on any atom is 0.146 e. The number of aromatic nitrogens is 2. The van der Waals surface area contributed by atoms with Crippen LogP contribution in [0.2, 0.25) is 0 Å². The van der Waals surface area contributed by atoms with Crippen LogP contribution in [0.25, 0.3) is 81.8 Å². The smallest absolute Gasteiger partial charge is 0.146 e. The van der Waals surface area contributed by atoms with E-state index in [1.165, 1.54) is 65.1 Å². The molecule has 0 radical (unpaired) electrons. The van der Waals surface area contributed by atoms with Crippen LogP contribution < -0.4 is 0 Å². The van der Waals surface area contributed by atoms with E-state index in [9.17, 15) is 0 Å². The second-order valence-electron chi connectivity index (χ2n) is 10.0. The third-order valence-corrected chi connectivity index (χ3v) is 8.10. The van der Waals surface area contributed by atoms with Crippen molar-refractivity contribution in [3.05, 3.63) is 121 Å². The lowest BCUT2D eigenvalue weighted by Gasteiger charge is -2.15. The fourth-order valence-corrected chi connectivity index (χ4v) is 6.47. The highest BCUT2D eigenvalue weighted by Gasteiger charge is 2.16. The van der Waals surface area contributed by atoms with Crippen LogP contribution in [-0.4, -0.2) is 9.38 Å². The lowest BCUT2D eigenvalue weighted by Crippen LogP contribution is -1.92. The summed E-state index contributed by atoms with van der Waals surface area (Å²) in [6.45, 7) is 0. The Bertz CT molecular complexity index is 2340. The first-order valence-electron chi connectivity index (χ1n) is 12.7. The van der Waals surface area contributed by atoms with Crippen molar-refractivity contribution in [3.63, 3.8) is 0 Å². The summed E-state index contributed by atoms with van der Waals surface area (Å²) in [6, 6.07) is 44.2. The summed E-state index contributed by atoms with van der Waals surface area (Å²) in [5.41, 5.74) is 6.84. The molecule has 0 unspecified atom stereocenters. The number of benzene rings is 7. The molecule has 0 fully saturated rings. The number of hydrogen-bond acceptors (Lipinski definition) is 1. The van der Waals surface area contributed by atoms with Crippen molar-refractivity contribution in [2.75, 3.05) is 0 Å². The van der Waals surface area contributed by atoms with E-state index in [2.05, 4.69) is 126 Å². The van der Waals surface area contributed by atoms with Crippen LogP contribution in [0, 0.1) is 0 Å². The number of hydrogen-bond donors (Lipinski definition) is 0. The Balaban J connectivity index is 1.43. The molecule has 0 atom stereocenters. The molecule has 2 heteroatoms. The third-order valence-electron chi connectivity index (χ3n) is 8.10. The second-order valence-corrected chi connectivity index (χ2v) is 10.0. The van der Waals surface area contributed by atoms with Crippen molar-refractivity contribution in [1.82, 2.24) is 9.38 Å². The zero-order valence-electron chi connectivity index (χ0n) is 19.9. The molecule has 0 N–H and O–H groups in total. The van der Waals surface area contributed by atoms with Gasteiger partial charge in [0.05, 0.1) is 16.6 Å². The van der Waals surface area contributed by atoms with Gasteiger partial charge in [0.15, 0.2) is 0 Å². The topological polar surface area (TPSA) is 17.3 Å². The van der Waals surface area contributed by atoms with Crippen LogP contribution in [0.15, 0.2) is 121 Å². The van der Waals surface area contributed by atoms with Crippen molar-refractivity contribution in [1.29, 1.82) is 0 Å². The summed E-state index contributed by atoms with van der Waals surface area (Å²) < 4.78 is 2.32. The van der Waals surface area contributed by atoms with E-state index in [-0.39, 0.29) is 0 Å². The van der Waals surface area contributed by atoms with Crippen LogP contribution in [-0.2, 0) is 0 Å². The van der Waals surface area contributed by atoms with Crippen LogP contribution in [0.1, 0.15) is 0 Å². The predicted octanol–water partition coefficient (Wildman–Crippen LogP) is 9.36. The molecule has 0 bridgehead atoms. The van der Waals surface area contributed by atoms with Gasteiger partial charge in [-0.2, -0.15) is 0 Å². The van der Waals surface area contributed by atoms with Gasteiger partial charge in [0, 0.05) is 10.8 Å². The highest BCUT2D eigenvalue weighted by atomic mass is 15.0. The van der Waals surface area contributed by atoms with E-state index in [1.807, 2.05) is 0 Å². The monoisotopic (exact) mass is 468 g/mol. The van der Waals surface area contributed by atoms with Crippen LogP contribution in [0.4, 0.5) is 0 Å². The van der Waals surface area contributed by atoms with Gasteiger partial charge in [-0.15, -0.1) is 0 Å². The Labute approximate surface area is 212 Å². The van der Waals surface area contributed by atoms with E-state index < -0.39 is 0 Å². The van der Waals surface area contributed by atoms with E-state index in [0.717, 1.165) is 16.7 Å². The maximum absolute atomic E-state index is 5.12. The molecule has 7 aromatic carbocycles. The molecular weight excluding hydrogens is 448 g/mol. The van der Waals surface area contributed by atoms with Gasteiger partial charge in [-0.25, -0.2) is 4.98 Å². The van der Waals surface area contributed by atoms with Crippen LogP contribution >= 0.6 is 0 Å². The fourth-order valence-electron chi connectivity index (χ4n) is 6.47. The van der Waals surface area contributed by atoms with Crippen LogP contribution in [0.5, 0.6) is 0 Å². The summed E-state index contributed by atoms with van der Waals surface area (Å²) in [6.07, 6.45) is 0. The van der Waals surface area contributed by atoms with Crippen LogP contribution in [0.3, 0.4) is 0 Å². The molecule has 170 valence electrons. The van der Waals surface area contributed by atoms with Crippen molar-refractivity contribution in [2.45, 2.75) is 0 Å². The van der Waals surface area contributed by atoms with Gasteiger partial charge in [-0.05, 0) is 73.1 Å². The number of nitrogens with zero attached hydrogens (tertiary/aromatic N) is 2. The van der Waals surface area contributed by atoms with Gasteiger partial charge in [-0.3, -0.25) is 4.40 Å². The van der Waals surface area contributed by atoms with Gasteiger partial charge in [0.25, 0.3) is 0 Å². The van der Waals surface area contributed by atoms with Gasteiger partial charge in [0.1, 0.15) is 5.65 Å². The molecule has 9 rings (SSSR count). The van der Waals surface area contributed by atoms with Crippen molar-refractivity contribution in [2.24, 2.45) is 0 Å². The molecule has 2 nitrogen and oxygen atoms in total. The van der Waals surface area contributed by atoms with Gasteiger partial charge in [-0.1, -0.05) is 97.1 Å². The Morgan fingerprint density at radius 1 is 0.459 bits per heavy atom. The average Bonchev–Trinajstić information content (AvgIpc) is 3.36. The van der Waals surface area contributed by atoms with Crippen molar-refractivity contribution in [3.8, 4) is 11.1 Å². The molecule has 0 amide bonds. The third kappa shape index (κ3) is 2.47. The highest BCUT2D eigenvalue weighted by molar-refractivity contribution is 6.25. The molecule has 9 aromatic rings. The minimum absolute atomic E-state index is 1.01. The zero-order valence-corrected chi connectivity index (χ0v) is 19.9. The first kappa shape index (κ1) is 19.3. The summed E-state index contributed by atoms with van der Waals surface area (Å²) in [5, 5.41) is 11.5. The van der Waals surface area contributed by atoms with Gasteiger partial charge in [0.2, 0.25) is 0 Å². The summed E-state index contributed by atoms with van der Waals surface area (Å²) in [4.78, 5) is 5.12. The van der Waals surface area contributed by atoms with Gasteiger partial charge < -0.3 is 0 Å². The quantitative estimate of drug-likeness (QED) is 0.219. The standard InChI is InChI=1S/C35H20N2/c1-3-10-31-27(8-1)26-18-16-24(20-29(26)35-36-30-9-2-4-11-32(30)37(31)35)25-17-14-23-13-12-21-6-5-7-22-15-19-28(25)34(23)33(21)22/h1-20H. The molecular formula is C35H20N2. The Hall–Kier alpha value is -4.95. The number of rotatable bonds is 1. The molecule has 0 saturated carbocycles. The lowest BCUT2D eigenvalue weighted by atomic mass is 9.89. The molecule has 0 saturated heterocycles. The first-order chi connectivity index (χ1) is 18.3. The number of pyridine rings is 1. The Morgan fingerprint density at radius 3 is 2.05 bits per heavy atom. The largest absolute Gasteiger partial charge is 0.292 e. The molecule has 0 spiro atoms. The predicted molar refractivity (Wildman–Crippen MR) is 157 cm³/mol. The Kier molecular flexibility index (Phi) is 3.56. The van der Waals surface area contributed by atoms with E-state index >= 15 is 0 Å².